The molecule has 5 nitrogen and oxygen atoms in total. The summed E-state index contributed by atoms with van der Waals surface area (Å²) < 4.78 is 6.48. The third-order valence-electron chi connectivity index (χ3n) is 4.76. The smallest absolute Gasteiger partial charge is 0.233 e. The van der Waals surface area contributed by atoms with Crippen LogP contribution in [0, 0.1) is 0 Å². The zero-order valence-electron chi connectivity index (χ0n) is 18.9. The van der Waals surface area contributed by atoms with E-state index < -0.39 is 0 Å². The van der Waals surface area contributed by atoms with Crippen LogP contribution in [0.2, 0.25) is 0 Å². The summed E-state index contributed by atoms with van der Waals surface area (Å²) in [6.07, 6.45) is 1.25. The van der Waals surface area contributed by atoms with Gasteiger partial charge in [0.1, 0.15) is 11.3 Å². The maximum Gasteiger partial charge on any atom is 0.233 e. The molecule has 0 saturated carbocycles. The number of thioether (sulfide) groups is 1. The van der Waals surface area contributed by atoms with Crippen molar-refractivity contribution in [3.05, 3.63) is 48.0 Å². The molecule has 166 valence electrons. The van der Waals surface area contributed by atoms with Crippen LogP contribution in [-0.2, 0) is 11.2 Å². The monoisotopic (exact) mass is 457 g/mol. The zero-order chi connectivity index (χ0) is 22.4. The van der Waals surface area contributed by atoms with Crippen molar-refractivity contribution < 1.29 is 9.53 Å². The minimum absolute atomic E-state index is 0.0704. The van der Waals surface area contributed by atoms with Gasteiger partial charge in [-0.2, -0.15) is 0 Å². The molecule has 0 aliphatic rings. The number of hydrogen-bond acceptors (Lipinski definition) is 6. The Morgan fingerprint density at radius 1 is 1.13 bits per heavy atom. The molecular formula is C24H31N3O2S2. The first kappa shape index (κ1) is 23.6. The fourth-order valence-corrected chi connectivity index (χ4v) is 5.16. The summed E-state index contributed by atoms with van der Waals surface area (Å²) in [6, 6.07) is 14.2. The Morgan fingerprint density at radius 2 is 1.87 bits per heavy atom. The first-order valence-corrected chi connectivity index (χ1v) is 12.2. The molecule has 0 radical (unpaired) electrons. The maximum absolute atomic E-state index is 13.3. The molecule has 2 aromatic carbocycles. The van der Waals surface area contributed by atoms with Crippen molar-refractivity contribution in [2.75, 3.05) is 39.2 Å². The number of amides is 1. The van der Waals surface area contributed by atoms with Crippen molar-refractivity contribution in [1.29, 1.82) is 0 Å². The number of hydrogen-bond donors (Lipinski definition) is 0. The van der Waals surface area contributed by atoms with Gasteiger partial charge in [0.05, 0.1) is 18.2 Å². The number of carbonyl (C=O) groups excluding carboxylic acids is 1. The van der Waals surface area contributed by atoms with E-state index in [1.807, 2.05) is 49.0 Å². The molecule has 1 aromatic heterocycles. The summed E-state index contributed by atoms with van der Waals surface area (Å²) in [5, 5.41) is 1.27. The highest BCUT2D eigenvalue weighted by Gasteiger charge is 2.21. The van der Waals surface area contributed by atoms with Crippen molar-refractivity contribution in [3.8, 4) is 5.75 Å². The molecule has 0 atom stereocenters. The fraction of sp³-hybridized carbons (Fsp3) is 0.417. The van der Waals surface area contributed by atoms with Crippen LogP contribution in [-0.4, -0.2) is 55.3 Å². The lowest BCUT2D eigenvalue weighted by atomic mass is 10.1. The first-order chi connectivity index (χ1) is 14.9. The third kappa shape index (κ3) is 6.45. The molecule has 0 fully saturated rings. The van der Waals surface area contributed by atoms with Crippen LogP contribution >= 0.6 is 23.1 Å². The number of para-hydroxylation sites is 1. The van der Waals surface area contributed by atoms with E-state index in [2.05, 4.69) is 43.0 Å². The van der Waals surface area contributed by atoms with E-state index in [1.165, 1.54) is 16.2 Å². The van der Waals surface area contributed by atoms with E-state index in [4.69, 9.17) is 9.72 Å². The summed E-state index contributed by atoms with van der Waals surface area (Å²) in [4.78, 5) is 23.3. The number of benzene rings is 2. The minimum atomic E-state index is 0.0704. The van der Waals surface area contributed by atoms with Crippen molar-refractivity contribution in [3.63, 3.8) is 0 Å². The Balaban J connectivity index is 1.82. The van der Waals surface area contributed by atoms with E-state index in [9.17, 15) is 4.79 Å². The molecule has 0 bridgehead atoms. The van der Waals surface area contributed by atoms with Crippen LogP contribution in [0.1, 0.15) is 25.8 Å². The van der Waals surface area contributed by atoms with Gasteiger partial charge in [-0.3, -0.25) is 9.69 Å². The topological polar surface area (TPSA) is 45.7 Å². The van der Waals surface area contributed by atoms with Crippen molar-refractivity contribution in [2.45, 2.75) is 36.8 Å². The number of rotatable bonds is 10. The van der Waals surface area contributed by atoms with Crippen LogP contribution in [0.4, 0.5) is 5.13 Å². The van der Waals surface area contributed by atoms with Gasteiger partial charge in [-0.25, -0.2) is 4.98 Å². The predicted molar refractivity (Wildman–Crippen MR) is 133 cm³/mol. The normalized spacial score (nSPS) is 11.5. The van der Waals surface area contributed by atoms with Gasteiger partial charge < -0.3 is 9.64 Å². The molecule has 31 heavy (non-hydrogen) atoms. The van der Waals surface area contributed by atoms with Gasteiger partial charge in [-0.05, 0) is 56.9 Å². The van der Waals surface area contributed by atoms with Crippen LogP contribution in [0.25, 0.3) is 10.2 Å². The first-order valence-electron chi connectivity index (χ1n) is 10.5. The van der Waals surface area contributed by atoms with Gasteiger partial charge in [-0.1, -0.05) is 43.4 Å². The molecule has 0 saturated heterocycles. The van der Waals surface area contributed by atoms with Crippen LogP contribution in [0.5, 0.6) is 5.75 Å². The zero-order valence-corrected chi connectivity index (χ0v) is 20.6. The number of methoxy groups -OCH3 is 1. The Bertz CT molecular complexity index is 1000. The van der Waals surface area contributed by atoms with Gasteiger partial charge in [0.25, 0.3) is 0 Å². The Hall–Kier alpha value is -2.09. The lowest BCUT2D eigenvalue weighted by molar-refractivity contribution is -0.118. The molecule has 0 N–H and O–H groups in total. The van der Waals surface area contributed by atoms with Gasteiger partial charge in [0.15, 0.2) is 5.13 Å². The van der Waals surface area contributed by atoms with Crippen LogP contribution < -0.4 is 9.64 Å². The fourth-order valence-electron chi connectivity index (χ4n) is 3.29. The van der Waals surface area contributed by atoms with Gasteiger partial charge in [0, 0.05) is 16.7 Å². The third-order valence-corrected chi connectivity index (χ3v) is 6.82. The predicted octanol–water partition coefficient (Wildman–Crippen LogP) is 5.33. The molecular weight excluding hydrogens is 426 g/mol. The lowest BCUT2D eigenvalue weighted by Crippen LogP contribution is -2.34. The molecule has 1 amide bonds. The SMILES string of the molecule is COc1cccc2sc(N(CCCN(C)C)C(=O)Cc3ccc(SC(C)C)cc3)nc12. The number of fused-ring (bicyclic) bond motifs is 1. The second-order valence-corrected chi connectivity index (χ2v) is 10.7. The molecule has 7 heteroatoms. The van der Waals surface area contributed by atoms with Gasteiger partial charge in [0.2, 0.25) is 5.91 Å². The summed E-state index contributed by atoms with van der Waals surface area (Å²) in [5.41, 5.74) is 1.83. The summed E-state index contributed by atoms with van der Waals surface area (Å²) in [7, 11) is 5.74. The summed E-state index contributed by atoms with van der Waals surface area (Å²) in [6.45, 7) is 5.92. The maximum atomic E-state index is 13.3. The average Bonchev–Trinajstić information content (AvgIpc) is 3.15. The number of carbonyl (C=O) groups is 1. The van der Waals surface area contributed by atoms with E-state index in [1.54, 1.807) is 7.11 Å². The highest BCUT2D eigenvalue weighted by molar-refractivity contribution is 7.99. The molecule has 0 unspecified atom stereocenters. The Labute approximate surface area is 193 Å². The summed E-state index contributed by atoms with van der Waals surface area (Å²) >= 11 is 3.37. The van der Waals surface area contributed by atoms with Crippen LogP contribution in [0.15, 0.2) is 47.4 Å². The number of thiazole rings is 1. The molecule has 0 spiro atoms. The average molecular weight is 458 g/mol. The highest BCUT2D eigenvalue weighted by Crippen LogP contribution is 2.34. The Kier molecular flexibility index (Phi) is 8.35. The number of anilines is 1. The van der Waals surface area contributed by atoms with E-state index in [-0.39, 0.29) is 5.91 Å². The standard InChI is InChI=1S/C24H31N3O2S2/c1-17(2)30-19-12-10-18(11-13-19)16-22(28)27(15-7-14-26(3)4)24-25-23-20(29-5)8-6-9-21(23)31-24/h6,8-13,17H,7,14-16H2,1-5H3. The largest absolute Gasteiger partial charge is 0.494 e. The molecule has 0 aliphatic carbocycles. The quantitative estimate of drug-likeness (QED) is 0.385. The van der Waals surface area contributed by atoms with E-state index in [0.29, 0.717) is 18.2 Å². The van der Waals surface area contributed by atoms with Crippen molar-refractivity contribution in [1.82, 2.24) is 9.88 Å². The molecule has 1 heterocycles. The van der Waals surface area contributed by atoms with Gasteiger partial charge in [-0.15, -0.1) is 11.8 Å². The second-order valence-electron chi connectivity index (χ2n) is 7.99. The molecule has 0 aliphatic heterocycles. The number of ether oxygens (including phenoxy) is 1. The van der Waals surface area contributed by atoms with E-state index >= 15 is 0 Å². The van der Waals surface area contributed by atoms with Crippen LogP contribution in [0.3, 0.4) is 0 Å². The second kappa shape index (κ2) is 11.0. The number of nitrogens with zero attached hydrogens (tertiary/aromatic N) is 3. The van der Waals surface area contributed by atoms with Gasteiger partial charge >= 0.3 is 0 Å². The highest BCUT2D eigenvalue weighted by atomic mass is 32.2. The van der Waals surface area contributed by atoms with Crippen molar-refractivity contribution >= 4 is 44.4 Å². The Morgan fingerprint density at radius 3 is 2.52 bits per heavy atom. The number of aromatic nitrogens is 1. The van der Waals surface area contributed by atoms with E-state index in [0.717, 1.165) is 39.6 Å². The van der Waals surface area contributed by atoms with Crippen molar-refractivity contribution in [2.24, 2.45) is 0 Å². The molecule has 3 aromatic rings. The minimum Gasteiger partial charge on any atom is -0.494 e. The molecule has 3 rings (SSSR count). The lowest BCUT2D eigenvalue weighted by Gasteiger charge is -2.21. The summed E-state index contributed by atoms with van der Waals surface area (Å²) in [5.74, 6) is 0.806.